The van der Waals surface area contributed by atoms with Crippen LogP contribution in [-0.2, 0) is 0 Å². The molecule has 2 aliphatic rings. The van der Waals surface area contributed by atoms with Crippen LogP contribution in [0.2, 0.25) is 0 Å². The minimum Gasteiger partial charge on any atom is -0.271 e. The van der Waals surface area contributed by atoms with E-state index in [-0.39, 0.29) is 11.1 Å². The molecule has 0 saturated heterocycles. The topological polar surface area (TPSA) is 63.4 Å². The standard InChI is InChI=1S/C31H29N5S2/c1-30(2)18-37-28(35-30)23-14-10-21(11-15-23)26-32-25(20-8-6-5-7-9-20)33-27(34-26)22-12-16-24(17-13-22)29-36-31(3,4)19-38-29/h5-17H,18-19H2,1-4H3. The Morgan fingerprint density at radius 2 is 0.816 bits per heavy atom. The quantitative estimate of drug-likeness (QED) is 0.266. The lowest BCUT2D eigenvalue weighted by molar-refractivity contribution is 0.605. The zero-order valence-electron chi connectivity index (χ0n) is 22.0. The molecule has 0 spiro atoms. The predicted octanol–water partition coefficient (Wildman–Crippen LogP) is 7.42. The minimum absolute atomic E-state index is 0.0127. The van der Waals surface area contributed by atoms with Gasteiger partial charge in [0.15, 0.2) is 17.5 Å². The van der Waals surface area contributed by atoms with E-state index in [1.165, 1.54) is 0 Å². The van der Waals surface area contributed by atoms with Crippen LogP contribution in [0.3, 0.4) is 0 Å². The van der Waals surface area contributed by atoms with Crippen LogP contribution >= 0.6 is 23.5 Å². The van der Waals surface area contributed by atoms with Crippen LogP contribution in [0.15, 0.2) is 88.8 Å². The van der Waals surface area contributed by atoms with Gasteiger partial charge < -0.3 is 0 Å². The van der Waals surface area contributed by atoms with Crippen molar-refractivity contribution >= 4 is 33.6 Å². The van der Waals surface area contributed by atoms with Gasteiger partial charge in [0.25, 0.3) is 0 Å². The molecule has 1 aromatic heterocycles. The van der Waals surface area contributed by atoms with E-state index in [2.05, 4.69) is 76.2 Å². The van der Waals surface area contributed by atoms with Gasteiger partial charge in [-0.05, 0) is 27.7 Å². The van der Waals surface area contributed by atoms with Gasteiger partial charge in [-0.3, -0.25) is 9.98 Å². The Hall–Kier alpha value is -3.29. The molecule has 4 aromatic rings. The van der Waals surface area contributed by atoms with Gasteiger partial charge in [-0.2, -0.15) is 0 Å². The normalized spacial score (nSPS) is 17.8. The molecular weight excluding hydrogens is 507 g/mol. The van der Waals surface area contributed by atoms with Crippen molar-refractivity contribution in [3.05, 3.63) is 90.0 Å². The maximum atomic E-state index is 4.91. The maximum Gasteiger partial charge on any atom is 0.164 e. The van der Waals surface area contributed by atoms with E-state index in [4.69, 9.17) is 24.9 Å². The third-order valence-corrected chi connectivity index (χ3v) is 9.28. The highest BCUT2D eigenvalue weighted by Crippen LogP contribution is 2.33. The number of aromatic nitrogens is 3. The van der Waals surface area contributed by atoms with Gasteiger partial charge in [-0.15, -0.1) is 23.5 Å². The fraction of sp³-hybridized carbons (Fsp3) is 0.258. The number of benzene rings is 3. The molecule has 0 amide bonds. The first-order valence-corrected chi connectivity index (χ1v) is 14.7. The largest absolute Gasteiger partial charge is 0.271 e. The fourth-order valence-electron chi connectivity index (χ4n) is 4.34. The van der Waals surface area contributed by atoms with E-state index < -0.39 is 0 Å². The van der Waals surface area contributed by atoms with Gasteiger partial charge in [0.05, 0.1) is 21.2 Å². The van der Waals surface area contributed by atoms with Crippen LogP contribution < -0.4 is 0 Å². The summed E-state index contributed by atoms with van der Waals surface area (Å²) in [5.41, 5.74) is 5.11. The highest BCUT2D eigenvalue weighted by atomic mass is 32.2. The number of hydrogen-bond donors (Lipinski definition) is 0. The van der Waals surface area contributed by atoms with E-state index in [0.29, 0.717) is 17.5 Å². The summed E-state index contributed by atoms with van der Waals surface area (Å²) in [4.78, 5) is 24.4. The molecule has 0 saturated carbocycles. The number of hydrogen-bond acceptors (Lipinski definition) is 7. The number of aliphatic imine (C=N–C) groups is 2. The van der Waals surface area contributed by atoms with Gasteiger partial charge in [0, 0.05) is 39.3 Å². The first-order chi connectivity index (χ1) is 18.2. The Morgan fingerprint density at radius 3 is 1.16 bits per heavy atom. The first-order valence-electron chi connectivity index (χ1n) is 12.7. The number of thioether (sulfide) groups is 2. The number of nitrogens with zero attached hydrogens (tertiary/aromatic N) is 5. The third kappa shape index (κ3) is 5.31. The van der Waals surface area contributed by atoms with Crippen molar-refractivity contribution < 1.29 is 0 Å². The molecule has 0 radical (unpaired) electrons. The first kappa shape index (κ1) is 25.0. The molecule has 3 heterocycles. The fourth-order valence-corrected chi connectivity index (χ4v) is 6.68. The second-order valence-electron chi connectivity index (χ2n) is 10.9. The molecule has 7 heteroatoms. The SMILES string of the molecule is CC1(C)CSC(c2ccc(-c3nc(-c4ccccc4)nc(-c4ccc(C5=NC(C)(C)CS5)cc4)n3)cc2)=N1. The minimum atomic E-state index is -0.0127. The monoisotopic (exact) mass is 535 g/mol. The summed E-state index contributed by atoms with van der Waals surface area (Å²) >= 11 is 3.62. The third-order valence-electron chi connectivity index (χ3n) is 6.38. The van der Waals surface area contributed by atoms with Gasteiger partial charge in [0.1, 0.15) is 0 Å². The average Bonchev–Trinajstić information content (AvgIpc) is 3.49. The Labute approximate surface area is 232 Å². The van der Waals surface area contributed by atoms with Crippen LogP contribution in [0.5, 0.6) is 0 Å². The van der Waals surface area contributed by atoms with Crippen LogP contribution in [0.4, 0.5) is 0 Å². The molecule has 6 rings (SSSR count). The Bertz CT molecular complexity index is 1440. The van der Waals surface area contributed by atoms with Gasteiger partial charge >= 0.3 is 0 Å². The second kappa shape index (κ2) is 9.79. The van der Waals surface area contributed by atoms with E-state index >= 15 is 0 Å². The zero-order valence-corrected chi connectivity index (χ0v) is 23.6. The average molecular weight is 536 g/mol. The Morgan fingerprint density at radius 1 is 0.474 bits per heavy atom. The highest BCUT2D eigenvalue weighted by Gasteiger charge is 2.27. The molecule has 2 aliphatic heterocycles. The summed E-state index contributed by atoms with van der Waals surface area (Å²) in [6.07, 6.45) is 0. The van der Waals surface area contributed by atoms with Crippen molar-refractivity contribution in [1.82, 2.24) is 15.0 Å². The molecule has 0 atom stereocenters. The predicted molar refractivity (Wildman–Crippen MR) is 162 cm³/mol. The maximum absolute atomic E-state index is 4.91. The lowest BCUT2D eigenvalue weighted by Gasteiger charge is -2.10. The summed E-state index contributed by atoms with van der Waals surface area (Å²) in [6.45, 7) is 8.69. The summed E-state index contributed by atoms with van der Waals surface area (Å²) in [6, 6.07) is 26.9. The van der Waals surface area contributed by atoms with E-state index in [0.717, 1.165) is 49.4 Å². The number of rotatable bonds is 5. The lowest BCUT2D eigenvalue weighted by Crippen LogP contribution is -2.15. The van der Waals surface area contributed by atoms with Crippen molar-refractivity contribution in [3.8, 4) is 34.2 Å². The van der Waals surface area contributed by atoms with Crippen molar-refractivity contribution in [1.29, 1.82) is 0 Å². The Kier molecular flexibility index (Phi) is 6.44. The summed E-state index contributed by atoms with van der Waals surface area (Å²) in [7, 11) is 0. The van der Waals surface area contributed by atoms with Gasteiger partial charge in [0.2, 0.25) is 0 Å². The van der Waals surface area contributed by atoms with Gasteiger partial charge in [-0.25, -0.2) is 15.0 Å². The molecule has 0 bridgehead atoms. The summed E-state index contributed by atoms with van der Waals surface area (Å²) < 4.78 is 0. The van der Waals surface area contributed by atoms with Gasteiger partial charge in [-0.1, -0.05) is 78.9 Å². The summed E-state index contributed by atoms with van der Waals surface area (Å²) in [5.74, 6) is 3.98. The zero-order chi connectivity index (χ0) is 26.3. The van der Waals surface area contributed by atoms with Crippen molar-refractivity contribution in [2.45, 2.75) is 38.8 Å². The molecule has 0 unspecified atom stereocenters. The molecule has 190 valence electrons. The molecule has 38 heavy (non-hydrogen) atoms. The molecule has 0 fully saturated rings. The summed E-state index contributed by atoms with van der Waals surface area (Å²) in [5, 5.41) is 2.19. The molecule has 5 nitrogen and oxygen atoms in total. The second-order valence-corrected chi connectivity index (χ2v) is 12.8. The van der Waals surface area contributed by atoms with Crippen LogP contribution in [-0.4, -0.2) is 47.6 Å². The molecular formula is C31H29N5S2. The van der Waals surface area contributed by atoms with Crippen molar-refractivity contribution in [2.24, 2.45) is 9.98 Å². The van der Waals surface area contributed by atoms with Crippen LogP contribution in [0, 0.1) is 0 Å². The van der Waals surface area contributed by atoms with E-state index in [1.807, 2.05) is 53.9 Å². The van der Waals surface area contributed by atoms with Crippen LogP contribution in [0.25, 0.3) is 34.2 Å². The molecule has 3 aromatic carbocycles. The highest BCUT2D eigenvalue weighted by molar-refractivity contribution is 8.15. The van der Waals surface area contributed by atoms with E-state index in [1.54, 1.807) is 0 Å². The Balaban J connectivity index is 1.37. The van der Waals surface area contributed by atoms with Crippen molar-refractivity contribution in [2.75, 3.05) is 11.5 Å². The smallest absolute Gasteiger partial charge is 0.164 e. The van der Waals surface area contributed by atoms with Crippen LogP contribution in [0.1, 0.15) is 38.8 Å². The molecule has 0 N–H and O–H groups in total. The lowest BCUT2D eigenvalue weighted by atomic mass is 10.1. The van der Waals surface area contributed by atoms with E-state index in [9.17, 15) is 0 Å². The molecule has 0 aliphatic carbocycles. The van der Waals surface area contributed by atoms with Crippen molar-refractivity contribution in [3.63, 3.8) is 0 Å².